The molecule has 1 aromatic rings. The molecule has 1 unspecified atom stereocenters. The van der Waals surface area contributed by atoms with Gasteiger partial charge in [-0.1, -0.05) is 13.8 Å². The highest BCUT2D eigenvalue weighted by atomic mass is 16.6. The van der Waals surface area contributed by atoms with Gasteiger partial charge in [-0.15, -0.1) is 0 Å². The molecule has 21 heavy (non-hydrogen) atoms. The first-order chi connectivity index (χ1) is 9.97. The molecule has 0 spiro atoms. The number of nitro benzene ring substituents is 1. The molecule has 5 heteroatoms. The monoisotopic (exact) mass is 293 g/mol. The minimum atomic E-state index is -0.357. The molecule has 118 valence electrons. The van der Waals surface area contributed by atoms with E-state index in [4.69, 9.17) is 0 Å². The molecule has 0 aliphatic rings. The highest BCUT2D eigenvalue weighted by molar-refractivity contribution is 5.55. The van der Waals surface area contributed by atoms with Crippen molar-refractivity contribution in [3.05, 3.63) is 33.9 Å². The minimum absolute atomic E-state index is 0.146. The lowest BCUT2D eigenvalue weighted by Crippen LogP contribution is -2.25. The Morgan fingerprint density at radius 2 is 2.00 bits per heavy atom. The van der Waals surface area contributed by atoms with Crippen LogP contribution in [0, 0.1) is 17.0 Å². The number of anilines is 1. The quantitative estimate of drug-likeness (QED) is 0.555. The first-order valence-corrected chi connectivity index (χ1v) is 7.71. The number of nitrogens with one attached hydrogen (secondary N) is 1. The summed E-state index contributed by atoms with van der Waals surface area (Å²) in [5, 5.41) is 14.2. The molecule has 0 saturated carbocycles. The Labute approximate surface area is 127 Å². The van der Waals surface area contributed by atoms with Crippen LogP contribution in [0.1, 0.15) is 39.2 Å². The fourth-order valence-corrected chi connectivity index (χ4v) is 2.42. The Bertz CT molecular complexity index is 459. The van der Waals surface area contributed by atoms with Crippen LogP contribution in [0.4, 0.5) is 11.4 Å². The molecule has 1 N–H and O–H groups in total. The standard InChI is InChI=1S/C16H27N3O2/c1-5-18(6-2)11-7-8-14(4)17-16-10-9-15(19(20)21)12-13(16)3/h9-10,12,14,17H,5-8,11H2,1-4H3. The van der Waals surface area contributed by atoms with Crippen LogP contribution in [0.25, 0.3) is 0 Å². The number of nitrogens with zero attached hydrogens (tertiary/aromatic N) is 2. The molecular weight excluding hydrogens is 266 g/mol. The Balaban J connectivity index is 2.47. The summed E-state index contributed by atoms with van der Waals surface area (Å²) in [5.74, 6) is 0. The molecule has 0 fully saturated rings. The van der Waals surface area contributed by atoms with Crippen LogP contribution in [-0.4, -0.2) is 35.5 Å². The molecule has 5 nitrogen and oxygen atoms in total. The SMILES string of the molecule is CCN(CC)CCCC(C)Nc1ccc([N+](=O)[O-])cc1C. The van der Waals surface area contributed by atoms with Crippen LogP contribution < -0.4 is 5.32 Å². The molecule has 0 aliphatic carbocycles. The van der Waals surface area contributed by atoms with Crippen LogP contribution in [0.5, 0.6) is 0 Å². The van der Waals surface area contributed by atoms with Gasteiger partial charge in [0.25, 0.3) is 5.69 Å². The zero-order chi connectivity index (χ0) is 15.8. The molecule has 0 aromatic heterocycles. The lowest BCUT2D eigenvalue weighted by atomic mass is 10.1. The van der Waals surface area contributed by atoms with Crippen molar-refractivity contribution >= 4 is 11.4 Å². The van der Waals surface area contributed by atoms with Gasteiger partial charge < -0.3 is 10.2 Å². The van der Waals surface area contributed by atoms with Crippen molar-refractivity contribution in [1.29, 1.82) is 0 Å². The van der Waals surface area contributed by atoms with Crippen LogP contribution in [-0.2, 0) is 0 Å². The van der Waals surface area contributed by atoms with Gasteiger partial charge in [0.1, 0.15) is 0 Å². The highest BCUT2D eigenvalue weighted by Gasteiger charge is 2.10. The maximum atomic E-state index is 10.7. The van der Waals surface area contributed by atoms with Crippen molar-refractivity contribution in [2.75, 3.05) is 25.0 Å². The number of non-ortho nitro benzene ring substituents is 1. The normalized spacial score (nSPS) is 12.4. The topological polar surface area (TPSA) is 58.4 Å². The summed E-state index contributed by atoms with van der Waals surface area (Å²) in [6.45, 7) is 11.7. The third-order valence-electron chi connectivity index (χ3n) is 3.83. The van der Waals surface area contributed by atoms with E-state index < -0.39 is 0 Å². The van der Waals surface area contributed by atoms with E-state index in [1.54, 1.807) is 18.2 Å². The summed E-state index contributed by atoms with van der Waals surface area (Å²) in [6.07, 6.45) is 2.24. The van der Waals surface area contributed by atoms with Crippen molar-refractivity contribution in [1.82, 2.24) is 4.90 Å². The van der Waals surface area contributed by atoms with Gasteiger partial charge in [0.15, 0.2) is 0 Å². The number of rotatable bonds is 9. The third-order valence-corrected chi connectivity index (χ3v) is 3.83. The van der Waals surface area contributed by atoms with Gasteiger partial charge in [-0.2, -0.15) is 0 Å². The Morgan fingerprint density at radius 1 is 1.33 bits per heavy atom. The van der Waals surface area contributed by atoms with Crippen molar-refractivity contribution in [2.45, 2.75) is 46.6 Å². The minimum Gasteiger partial charge on any atom is -0.382 e. The third kappa shape index (κ3) is 5.71. The van der Waals surface area contributed by atoms with Gasteiger partial charge in [-0.3, -0.25) is 10.1 Å². The summed E-state index contributed by atoms with van der Waals surface area (Å²) in [7, 11) is 0. The van der Waals surface area contributed by atoms with Gasteiger partial charge in [0, 0.05) is 23.9 Å². The van der Waals surface area contributed by atoms with E-state index in [0.29, 0.717) is 6.04 Å². The maximum Gasteiger partial charge on any atom is 0.269 e. The Kier molecular flexibility index (Phi) is 7.15. The van der Waals surface area contributed by atoms with Crippen molar-refractivity contribution < 1.29 is 4.92 Å². The second-order valence-electron chi connectivity index (χ2n) is 5.47. The smallest absolute Gasteiger partial charge is 0.269 e. The first kappa shape index (κ1) is 17.4. The summed E-state index contributed by atoms with van der Waals surface area (Å²) in [6, 6.07) is 5.33. The second kappa shape index (κ2) is 8.62. The van der Waals surface area contributed by atoms with E-state index in [0.717, 1.165) is 43.7 Å². The Morgan fingerprint density at radius 3 is 2.52 bits per heavy atom. The van der Waals surface area contributed by atoms with Crippen molar-refractivity contribution in [3.63, 3.8) is 0 Å². The molecule has 1 aromatic carbocycles. The molecule has 0 aliphatic heterocycles. The predicted octanol–water partition coefficient (Wildman–Crippen LogP) is 3.83. The summed E-state index contributed by atoms with van der Waals surface area (Å²) >= 11 is 0. The predicted molar refractivity (Wildman–Crippen MR) is 87.9 cm³/mol. The van der Waals surface area contributed by atoms with Crippen LogP contribution >= 0.6 is 0 Å². The van der Waals surface area contributed by atoms with E-state index in [1.807, 2.05) is 6.92 Å². The van der Waals surface area contributed by atoms with Crippen LogP contribution in [0.15, 0.2) is 18.2 Å². The van der Waals surface area contributed by atoms with Crippen molar-refractivity contribution in [3.8, 4) is 0 Å². The molecular formula is C16H27N3O2. The van der Waals surface area contributed by atoms with E-state index in [2.05, 4.69) is 31.0 Å². The van der Waals surface area contributed by atoms with Gasteiger partial charge in [-0.25, -0.2) is 0 Å². The average Bonchev–Trinajstić information content (AvgIpc) is 2.45. The lowest BCUT2D eigenvalue weighted by Gasteiger charge is -2.20. The second-order valence-corrected chi connectivity index (χ2v) is 5.47. The van der Waals surface area contributed by atoms with Crippen molar-refractivity contribution in [2.24, 2.45) is 0 Å². The molecule has 0 saturated heterocycles. The zero-order valence-electron chi connectivity index (χ0n) is 13.6. The number of hydrogen-bond acceptors (Lipinski definition) is 4. The van der Waals surface area contributed by atoms with Crippen LogP contribution in [0.3, 0.4) is 0 Å². The van der Waals surface area contributed by atoms with E-state index >= 15 is 0 Å². The summed E-state index contributed by atoms with van der Waals surface area (Å²) in [5.41, 5.74) is 2.04. The molecule has 1 rings (SSSR count). The highest BCUT2D eigenvalue weighted by Crippen LogP contribution is 2.22. The van der Waals surface area contributed by atoms with E-state index in [1.165, 1.54) is 0 Å². The number of benzene rings is 1. The molecule has 0 heterocycles. The molecule has 0 radical (unpaired) electrons. The first-order valence-electron chi connectivity index (χ1n) is 7.71. The summed E-state index contributed by atoms with van der Waals surface area (Å²) in [4.78, 5) is 12.8. The Hall–Kier alpha value is -1.62. The van der Waals surface area contributed by atoms with Crippen LogP contribution in [0.2, 0.25) is 0 Å². The van der Waals surface area contributed by atoms with Gasteiger partial charge >= 0.3 is 0 Å². The molecule has 1 atom stereocenters. The van der Waals surface area contributed by atoms with E-state index in [9.17, 15) is 10.1 Å². The van der Waals surface area contributed by atoms with Gasteiger partial charge in [-0.05, 0) is 58.0 Å². The number of hydrogen-bond donors (Lipinski definition) is 1. The molecule has 0 amide bonds. The lowest BCUT2D eigenvalue weighted by molar-refractivity contribution is -0.384. The fourth-order valence-electron chi connectivity index (χ4n) is 2.42. The van der Waals surface area contributed by atoms with Gasteiger partial charge in [0.05, 0.1) is 4.92 Å². The number of nitro groups is 1. The fraction of sp³-hybridized carbons (Fsp3) is 0.625. The largest absolute Gasteiger partial charge is 0.382 e. The van der Waals surface area contributed by atoms with Gasteiger partial charge in [0.2, 0.25) is 0 Å². The molecule has 0 bridgehead atoms. The van der Waals surface area contributed by atoms with E-state index in [-0.39, 0.29) is 10.6 Å². The maximum absolute atomic E-state index is 10.7. The average molecular weight is 293 g/mol. The number of aryl methyl sites for hydroxylation is 1. The zero-order valence-corrected chi connectivity index (χ0v) is 13.6. The summed E-state index contributed by atoms with van der Waals surface area (Å²) < 4.78 is 0.